The van der Waals surface area contributed by atoms with Crippen LogP contribution in [0.15, 0.2) is 12.7 Å². The number of rotatable bonds is 8. The number of aliphatic hydroxyl groups excluding tert-OH is 1. The molecular weight excluding hydrogens is 216 g/mol. The molecule has 0 bridgehead atoms. The second-order valence-electron chi connectivity index (χ2n) is 2.95. The quantitative estimate of drug-likeness (QED) is 0.475. The predicted molar refractivity (Wildman–Crippen MR) is 57.5 cm³/mol. The summed E-state index contributed by atoms with van der Waals surface area (Å²) < 4.78 is 24.5. The van der Waals surface area contributed by atoms with Crippen LogP contribution < -0.4 is 0 Å². The van der Waals surface area contributed by atoms with E-state index in [0.717, 1.165) is 4.31 Å². The van der Waals surface area contributed by atoms with Gasteiger partial charge in [-0.3, -0.25) is 0 Å². The van der Waals surface area contributed by atoms with Gasteiger partial charge in [-0.1, -0.05) is 6.08 Å². The third-order valence-corrected chi connectivity index (χ3v) is 3.69. The molecule has 0 aliphatic heterocycles. The molecule has 0 amide bonds. The van der Waals surface area contributed by atoms with Crippen molar-refractivity contribution in [2.45, 2.75) is 12.8 Å². The van der Waals surface area contributed by atoms with E-state index in [4.69, 9.17) is 10.4 Å². The largest absolute Gasteiger partial charge is 0.395 e. The Labute approximate surface area is 90.7 Å². The van der Waals surface area contributed by atoms with E-state index in [1.54, 1.807) is 0 Å². The minimum absolute atomic E-state index is 0.0611. The summed E-state index contributed by atoms with van der Waals surface area (Å²) in [7, 11) is -3.37. The molecule has 0 saturated carbocycles. The molecule has 1 N–H and O–H groups in total. The maximum Gasteiger partial charge on any atom is 0.214 e. The van der Waals surface area contributed by atoms with Gasteiger partial charge in [0.15, 0.2) is 0 Å². The van der Waals surface area contributed by atoms with Crippen molar-refractivity contribution in [1.29, 1.82) is 5.26 Å². The minimum Gasteiger partial charge on any atom is -0.395 e. The first kappa shape index (κ1) is 14.1. The summed E-state index contributed by atoms with van der Waals surface area (Å²) in [6.45, 7) is 3.50. The molecular formula is C9H16N2O3S. The molecule has 0 unspecified atom stereocenters. The van der Waals surface area contributed by atoms with Gasteiger partial charge >= 0.3 is 0 Å². The topological polar surface area (TPSA) is 81.4 Å². The van der Waals surface area contributed by atoms with Gasteiger partial charge in [-0.15, -0.1) is 6.58 Å². The Morgan fingerprint density at radius 1 is 1.53 bits per heavy atom. The van der Waals surface area contributed by atoms with Crippen LogP contribution in [0.2, 0.25) is 0 Å². The van der Waals surface area contributed by atoms with Crippen LogP contribution in [0.3, 0.4) is 0 Å². The van der Waals surface area contributed by atoms with E-state index >= 15 is 0 Å². The van der Waals surface area contributed by atoms with E-state index in [0.29, 0.717) is 6.42 Å². The molecule has 0 aliphatic rings. The second kappa shape index (κ2) is 7.40. The molecule has 0 atom stereocenters. The first-order valence-corrected chi connectivity index (χ1v) is 6.26. The monoisotopic (exact) mass is 232 g/mol. The van der Waals surface area contributed by atoms with Crippen molar-refractivity contribution >= 4 is 10.0 Å². The van der Waals surface area contributed by atoms with E-state index in [1.165, 1.54) is 6.08 Å². The molecule has 15 heavy (non-hydrogen) atoms. The molecule has 0 radical (unpaired) electrons. The van der Waals surface area contributed by atoms with E-state index in [9.17, 15) is 8.42 Å². The highest BCUT2D eigenvalue weighted by Crippen LogP contribution is 2.04. The zero-order chi connectivity index (χ0) is 11.7. The molecule has 0 aromatic carbocycles. The SMILES string of the molecule is C=CCN(CCO)S(=O)(=O)CCCC#N. The van der Waals surface area contributed by atoms with Crippen LogP contribution in [0.25, 0.3) is 0 Å². The van der Waals surface area contributed by atoms with Gasteiger partial charge in [0.2, 0.25) is 10.0 Å². The molecule has 6 heteroatoms. The highest BCUT2D eigenvalue weighted by atomic mass is 32.2. The molecule has 0 heterocycles. The summed E-state index contributed by atoms with van der Waals surface area (Å²) >= 11 is 0. The highest BCUT2D eigenvalue weighted by Gasteiger charge is 2.19. The number of unbranched alkanes of at least 4 members (excludes halogenated alkanes) is 1. The smallest absolute Gasteiger partial charge is 0.214 e. The van der Waals surface area contributed by atoms with Gasteiger partial charge in [0.05, 0.1) is 18.4 Å². The summed E-state index contributed by atoms with van der Waals surface area (Å²) in [6.07, 6.45) is 2.01. The first-order chi connectivity index (χ1) is 7.08. The summed E-state index contributed by atoms with van der Waals surface area (Å²) in [5.41, 5.74) is 0. The highest BCUT2D eigenvalue weighted by molar-refractivity contribution is 7.89. The molecule has 0 aromatic heterocycles. The maximum absolute atomic E-state index is 11.6. The van der Waals surface area contributed by atoms with Crippen LogP contribution in [0.5, 0.6) is 0 Å². The average molecular weight is 232 g/mol. The maximum atomic E-state index is 11.6. The zero-order valence-electron chi connectivity index (χ0n) is 8.59. The lowest BCUT2D eigenvalue weighted by Gasteiger charge is -2.19. The third-order valence-electron chi connectivity index (χ3n) is 1.77. The number of hydrogen-bond acceptors (Lipinski definition) is 4. The van der Waals surface area contributed by atoms with Crippen LogP contribution >= 0.6 is 0 Å². The Kier molecular flexibility index (Phi) is 6.96. The summed E-state index contributed by atoms with van der Waals surface area (Å²) in [6, 6.07) is 1.89. The molecule has 0 fully saturated rings. The molecule has 0 aliphatic carbocycles. The van der Waals surface area contributed by atoms with Gasteiger partial charge in [0, 0.05) is 19.5 Å². The summed E-state index contributed by atoms with van der Waals surface area (Å²) in [5, 5.41) is 17.0. The van der Waals surface area contributed by atoms with E-state index in [2.05, 4.69) is 6.58 Å². The standard InChI is InChI=1S/C9H16N2O3S/c1-2-6-11(7-8-12)15(13,14)9-4-3-5-10/h2,12H,1,3-4,6-9H2. The van der Waals surface area contributed by atoms with E-state index in [1.807, 2.05) is 6.07 Å². The predicted octanol–water partition coefficient (Wildman–Crippen LogP) is 0.100. The molecule has 86 valence electrons. The zero-order valence-corrected chi connectivity index (χ0v) is 9.41. The lowest BCUT2D eigenvalue weighted by atomic mass is 10.4. The van der Waals surface area contributed by atoms with Crippen LogP contribution in [-0.2, 0) is 10.0 Å². The van der Waals surface area contributed by atoms with Gasteiger partial charge in [0.25, 0.3) is 0 Å². The molecule has 0 aromatic rings. The van der Waals surface area contributed by atoms with E-state index < -0.39 is 10.0 Å². The minimum atomic E-state index is -3.37. The van der Waals surface area contributed by atoms with Gasteiger partial charge in [-0.05, 0) is 6.42 Å². The number of nitriles is 1. The number of aliphatic hydroxyl groups is 1. The fraction of sp³-hybridized carbons (Fsp3) is 0.667. The Hall–Kier alpha value is -0.900. The average Bonchev–Trinajstić information content (AvgIpc) is 2.18. The summed E-state index contributed by atoms with van der Waals surface area (Å²) in [5.74, 6) is -0.0611. The molecule has 0 rings (SSSR count). The Morgan fingerprint density at radius 3 is 2.67 bits per heavy atom. The molecule has 5 nitrogen and oxygen atoms in total. The van der Waals surface area contributed by atoms with Crippen molar-refractivity contribution in [2.24, 2.45) is 0 Å². The number of nitrogens with zero attached hydrogens (tertiary/aromatic N) is 2. The Bertz CT molecular complexity index is 319. The lowest BCUT2D eigenvalue weighted by molar-refractivity contribution is 0.260. The van der Waals surface area contributed by atoms with E-state index in [-0.39, 0.29) is 31.9 Å². The summed E-state index contributed by atoms with van der Waals surface area (Å²) in [4.78, 5) is 0. The Morgan fingerprint density at radius 2 is 2.20 bits per heavy atom. The van der Waals surface area contributed by atoms with Gasteiger partial charge in [-0.25, -0.2) is 8.42 Å². The first-order valence-electron chi connectivity index (χ1n) is 4.65. The van der Waals surface area contributed by atoms with Crippen molar-refractivity contribution in [3.05, 3.63) is 12.7 Å². The fourth-order valence-corrected chi connectivity index (χ4v) is 2.52. The van der Waals surface area contributed by atoms with Crippen LogP contribution in [0, 0.1) is 11.3 Å². The second-order valence-corrected chi connectivity index (χ2v) is 5.04. The fourth-order valence-electron chi connectivity index (χ4n) is 1.06. The van der Waals surface area contributed by atoms with Crippen molar-refractivity contribution < 1.29 is 13.5 Å². The van der Waals surface area contributed by atoms with Crippen molar-refractivity contribution in [3.63, 3.8) is 0 Å². The van der Waals surface area contributed by atoms with Crippen LogP contribution in [0.1, 0.15) is 12.8 Å². The molecule has 0 saturated heterocycles. The van der Waals surface area contributed by atoms with Crippen molar-refractivity contribution in [2.75, 3.05) is 25.4 Å². The normalized spacial score (nSPS) is 11.3. The van der Waals surface area contributed by atoms with Gasteiger partial charge < -0.3 is 5.11 Å². The van der Waals surface area contributed by atoms with Crippen LogP contribution in [0.4, 0.5) is 0 Å². The number of hydrogen-bond donors (Lipinski definition) is 1. The molecule has 0 spiro atoms. The van der Waals surface area contributed by atoms with Gasteiger partial charge in [-0.2, -0.15) is 9.57 Å². The van der Waals surface area contributed by atoms with Gasteiger partial charge in [0.1, 0.15) is 0 Å². The number of sulfonamides is 1. The van der Waals surface area contributed by atoms with Crippen molar-refractivity contribution in [1.82, 2.24) is 4.31 Å². The Balaban J connectivity index is 4.36. The lowest BCUT2D eigenvalue weighted by Crippen LogP contribution is -2.35. The third kappa shape index (κ3) is 5.52. The van der Waals surface area contributed by atoms with Crippen molar-refractivity contribution in [3.8, 4) is 6.07 Å². The van der Waals surface area contributed by atoms with Crippen LogP contribution in [-0.4, -0.2) is 43.3 Å².